The summed E-state index contributed by atoms with van der Waals surface area (Å²) in [5.74, 6) is -1.15. The van der Waals surface area contributed by atoms with E-state index < -0.39 is 24.4 Å². The van der Waals surface area contributed by atoms with Crippen molar-refractivity contribution in [3.8, 4) is 11.5 Å². The van der Waals surface area contributed by atoms with Gasteiger partial charge in [-0.25, -0.2) is 0 Å². The Balaban J connectivity index is 1.59. The third-order valence-electron chi connectivity index (χ3n) is 4.71. The molecule has 0 radical (unpaired) electrons. The van der Waals surface area contributed by atoms with E-state index in [1.165, 1.54) is 19.1 Å². The highest BCUT2D eigenvalue weighted by Crippen LogP contribution is 2.36. The Morgan fingerprint density at radius 2 is 1.94 bits per heavy atom. The van der Waals surface area contributed by atoms with Gasteiger partial charge in [-0.05, 0) is 24.3 Å². The molecule has 1 heterocycles. The number of hydrogen-bond acceptors (Lipinski definition) is 6. The highest BCUT2D eigenvalue weighted by molar-refractivity contribution is 6.44. The van der Waals surface area contributed by atoms with Crippen LogP contribution in [0.4, 0.5) is 11.4 Å². The first-order valence-corrected chi connectivity index (χ1v) is 10.0. The molecule has 0 unspecified atom stereocenters. The predicted octanol–water partition coefficient (Wildman–Crippen LogP) is 3.55. The van der Waals surface area contributed by atoms with E-state index in [-0.39, 0.29) is 28.9 Å². The lowest BCUT2D eigenvalue weighted by Crippen LogP contribution is -2.28. The van der Waals surface area contributed by atoms with Crippen LogP contribution >= 0.6 is 23.2 Å². The van der Waals surface area contributed by atoms with Gasteiger partial charge in [0, 0.05) is 19.0 Å². The summed E-state index contributed by atoms with van der Waals surface area (Å²) in [7, 11) is 3.01. The van der Waals surface area contributed by atoms with Gasteiger partial charge >= 0.3 is 5.97 Å². The Labute approximate surface area is 189 Å². The van der Waals surface area contributed by atoms with E-state index in [0.717, 1.165) is 0 Å². The van der Waals surface area contributed by atoms with E-state index in [2.05, 4.69) is 5.32 Å². The zero-order chi connectivity index (χ0) is 22.5. The summed E-state index contributed by atoms with van der Waals surface area (Å²) < 4.78 is 15.6. The third kappa shape index (κ3) is 5.21. The van der Waals surface area contributed by atoms with Gasteiger partial charge in [0.25, 0.3) is 5.91 Å². The number of methoxy groups -OCH3 is 2. The smallest absolute Gasteiger partial charge is 0.311 e. The van der Waals surface area contributed by atoms with Crippen LogP contribution in [0, 0.1) is 5.92 Å². The number of nitrogens with zero attached hydrogens (tertiary/aromatic N) is 1. The average Bonchev–Trinajstić information content (AvgIpc) is 3.16. The molecule has 0 aliphatic carbocycles. The SMILES string of the molecule is COc1ccc(N2C[C@H](C(=O)OCC(=O)Nc3cccc(Cl)c3Cl)CC2=O)c(OC)c1. The van der Waals surface area contributed by atoms with Gasteiger partial charge in [-0.3, -0.25) is 14.4 Å². The van der Waals surface area contributed by atoms with Gasteiger partial charge in [0.05, 0.1) is 41.6 Å². The first-order chi connectivity index (χ1) is 14.8. The molecule has 0 aromatic heterocycles. The van der Waals surface area contributed by atoms with Gasteiger partial charge in [0.1, 0.15) is 11.5 Å². The van der Waals surface area contributed by atoms with Crippen molar-refractivity contribution in [1.82, 2.24) is 0 Å². The van der Waals surface area contributed by atoms with Gasteiger partial charge in [-0.15, -0.1) is 0 Å². The fourth-order valence-electron chi connectivity index (χ4n) is 3.15. The topological polar surface area (TPSA) is 94.2 Å². The number of ether oxygens (including phenoxy) is 3. The Hall–Kier alpha value is -2.97. The fraction of sp³-hybridized carbons (Fsp3) is 0.286. The minimum atomic E-state index is -0.707. The van der Waals surface area contributed by atoms with E-state index in [1.807, 2.05) is 0 Å². The average molecular weight is 467 g/mol. The van der Waals surface area contributed by atoms with Crippen molar-refractivity contribution in [2.45, 2.75) is 6.42 Å². The Bertz CT molecular complexity index is 1010. The highest BCUT2D eigenvalue weighted by Gasteiger charge is 2.37. The number of carbonyl (C=O) groups is 3. The number of rotatable bonds is 7. The summed E-state index contributed by atoms with van der Waals surface area (Å²) in [5, 5.41) is 3.00. The molecule has 1 fully saturated rings. The van der Waals surface area contributed by atoms with Crippen LogP contribution in [0.25, 0.3) is 0 Å². The molecule has 3 rings (SSSR count). The van der Waals surface area contributed by atoms with Crippen LogP contribution < -0.4 is 19.7 Å². The van der Waals surface area contributed by atoms with Crippen molar-refractivity contribution in [2.75, 3.05) is 37.6 Å². The number of hydrogen-bond donors (Lipinski definition) is 1. The third-order valence-corrected chi connectivity index (χ3v) is 5.53. The number of benzene rings is 2. The first-order valence-electron chi connectivity index (χ1n) is 9.27. The number of carbonyl (C=O) groups excluding carboxylic acids is 3. The molecule has 10 heteroatoms. The van der Waals surface area contributed by atoms with Crippen LogP contribution in [-0.2, 0) is 19.1 Å². The maximum absolute atomic E-state index is 12.5. The first kappa shape index (κ1) is 22.7. The maximum Gasteiger partial charge on any atom is 0.311 e. The molecule has 1 atom stereocenters. The monoisotopic (exact) mass is 466 g/mol. The molecule has 2 amide bonds. The van der Waals surface area contributed by atoms with Crippen molar-refractivity contribution in [3.63, 3.8) is 0 Å². The lowest BCUT2D eigenvalue weighted by Gasteiger charge is -2.20. The van der Waals surface area contributed by atoms with Crippen molar-refractivity contribution in [3.05, 3.63) is 46.4 Å². The Kier molecular flexibility index (Phi) is 7.25. The summed E-state index contributed by atoms with van der Waals surface area (Å²) >= 11 is 11.9. The van der Waals surface area contributed by atoms with Crippen LogP contribution in [0.15, 0.2) is 36.4 Å². The van der Waals surface area contributed by atoms with E-state index >= 15 is 0 Å². The molecular weight excluding hydrogens is 447 g/mol. The molecular formula is C21H20Cl2N2O6. The van der Waals surface area contributed by atoms with Crippen molar-refractivity contribution >= 4 is 52.4 Å². The molecule has 0 saturated carbocycles. The van der Waals surface area contributed by atoms with Crippen LogP contribution in [-0.4, -0.2) is 45.2 Å². The molecule has 2 aromatic carbocycles. The second kappa shape index (κ2) is 9.89. The molecule has 0 spiro atoms. The zero-order valence-corrected chi connectivity index (χ0v) is 18.3. The van der Waals surface area contributed by atoms with Crippen LogP contribution in [0.2, 0.25) is 10.0 Å². The van der Waals surface area contributed by atoms with Crippen molar-refractivity contribution in [2.24, 2.45) is 5.92 Å². The number of nitrogens with one attached hydrogen (secondary N) is 1. The molecule has 0 bridgehead atoms. The Morgan fingerprint density at radius 3 is 2.65 bits per heavy atom. The molecule has 1 aliphatic heterocycles. The van der Waals surface area contributed by atoms with Gasteiger partial charge in [0.15, 0.2) is 6.61 Å². The van der Waals surface area contributed by atoms with Crippen molar-refractivity contribution in [1.29, 1.82) is 0 Å². The molecule has 2 aromatic rings. The van der Waals surface area contributed by atoms with Gasteiger partial charge in [-0.2, -0.15) is 0 Å². The minimum Gasteiger partial charge on any atom is -0.497 e. The van der Waals surface area contributed by atoms with Gasteiger partial charge in [0.2, 0.25) is 5.91 Å². The summed E-state index contributed by atoms with van der Waals surface area (Å²) in [6.45, 7) is -0.402. The van der Waals surface area contributed by atoms with Crippen molar-refractivity contribution < 1.29 is 28.6 Å². The normalized spacial score (nSPS) is 15.5. The second-order valence-corrected chi connectivity index (χ2v) is 7.49. The van der Waals surface area contributed by atoms with Gasteiger partial charge < -0.3 is 24.4 Å². The zero-order valence-electron chi connectivity index (χ0n) is 16.8. The number of anilines is 2. The number of amides is 2. The largest absolute Gasteiger partial charge is 0.497 e. The summed E-state index contributed by atoms with van der Waals surface area (Å²) in [4.78, 5) is 38.5. The number of halogens is 2. The van der Waals surface area contributed by atoms with E-state index in [0.29, 0.717) is 22.9 Å². The van der Waals surface area contributed by atoms with E-state index in [4.69, 9.17) is 37.4 Å². The molecule has 1 N–H and O–H groups in total. The summed E-state index contributed by atoms with van der Waals surface area (Å²) in [6.07, 6.45) is -0.0320. The second-order valence-electron chi connectivity index (χ2n) is 6.70. The fourth-order valence-corrected chi connectivity index (χ4v) is 3.50. The molecule has 31 heavy (non-hydrogen) atoms. The summed E-state index contributed by atoms with van der Waals surface area (Å²) in [5.41, 5.74) is 0.834. The molecule has 1 saturated heterocycles. The quantitative estimate of drug-likeness (QED) is 0.627. The number of esters is 1. The van der Waals surface area contributed by atoms with Crippen LogP contribution in [0.1, 0.15) is 6.42 Å². The lowest BCUT2D eigenvalue weighted by atomic mass is 10.1. The van der Waals surface area contributed by atoms with E-state index in [9.17, 15) is 14.4 Å². The summed E-state index contributed by atoms with van der Waals surface area (Å²) in [6, 6.07) is 9.82. The standard InChI is InChI=1S/C21H20Cl2N2O6/c1-29-13-6-7-16(17(9-13)30-2)25-10-12(8-19(25)27)21(28)31-11-18(26)24-15-5-3-4-14(22)20(15)23/h3-7,9,12H,8,10-11H2,1-2H3,(H,24,26)/t12-/m1/s1. The molecule has 8 nitrogen and oxygen atoms in total. The molecule has 164 valence electrons. The van der Waals surface area contributed by atoms with Gasteiger partial charge in [-0.1, -0.05) is 29.3 Å². The molecule has 1 aliphatic rings. The minimum absolute atomic E-state index is 0.0320. The van der Waals surface area contributed by atoms with E-state index in [1.54, 1.807) is 36.4 Å². The predicted molar refractivity (Wildman–Crippen MR) is 116 cm³/mol. The maximum atomic E-state index is 12.5. The highest BCUT2D eigenvalue weighted by atomic mass is 35.5. The lowest BCUT2D eigenvalue weighted by molar-refractivity contribution is -0.151. The Morgan fingerprint density at radius 1 is 1.16 bits per heavy atom. The van der Waals surface area contributed by atoms with Crippen LogP contribution in [0.5, 0.6) is 11.5 Å². The van der Waals surface area contributed by atoms with Crippen LogP contribution in [0.3, 0.4) is 0 Å².